The third kappa shape index (κ3) is 4.51. The first-order valence-corrected chi connectivity index (χ1v) is 10.5. The molecule has 6 heteroatoms. The van der Waals surface area contributed by atoms with E-state index < -0.39 is 20.2 Å². The molecule has 1 heterocycles. The van der Waals surface area contributed by atoms with Crippen molar-refractivity contribution in [2.75, 3.05) is 13.2 Å². The van der Waals surface area contributed by atoms with E-state index in [1.54, 1.807) is 6.26 Å². The Balaban J connectivity index is 2.90. The molecule has 1 aliphatic rings. The molecule has 0 aromatic carbocycles. The van der Waals surface area contributed by atoms with E-state index in [4.69, 9.17) is 18.6 Å². The molecule has 0 aromatic rings. The van der Waals surface area contributed by atoms with Crippen LogP contribution in [0.15, 0.2) is 12.0 Å². The molecule has 0 spiro atoms. The Bertz CT molecular complexity index is 386. The first-order chi connectivity index (χ1) is 9.37. The zero-order valence-electron chi connectivity index (χ0n) is 13.1. The molecule has 2 atom stereocenters. The van der Waals surface area contributed by atoms with Crippen molar-refractivity contribution >= 4 is 8.32 Å². The number of nitrogens with zero attached hydrogens (tertiary/aromatic N) is 1. The average molecular weight is 299 g/mol. The second kappa shape index (κ2) is 7.11. The molecule has 114 valence electrons. The van der Waals surface area contributed by atoms with Crippen LogP contribution in [0.2, 0.25) is 19.6 Å². The summed E-state index contributed by atoms with van der Waals surface area (Å²) in [4.78, 5) is 0. The number of rotatable bonds is 7. The molecule has 0 N–H and O–H groups in total. The average Bonchev–Trinajstić information content (AvgIpc) is 2.38. The molecule has 5 nitrogen and oxygen atoms in total. The minimum atomic E-state index is -1.87. The van der Waals surface area contributed by atoms with Gasteiger partial charge in [-0.05, 0) is 33.5 Å². The smallest absolute Gasteiger partial charge is 0.249 e. The fourth-order valence-corrected chi connectivity index (χ4v) is 3.00. The van der Waals surface area contributed by atoms with Crippen molar-refractivity contribution in [2.45, 2.75) is 58.2 Å². The van der Waals surface area contributed by atoms with Crippen LogP contribution in [0.4, 0.5) is 0 Å². The first kappa shape index (κ1) is 17.0. The predicted molar refractivity (Wildman–Crippen MR) is 78.2 cm³/mol. The summed E-state index contributed by atoms with van der Waals surface area (Å²) in [7, 11) is -1.87. The highest BCUT2D eigenvalue weighted by atomic mass is 28.4. The van der Waals surface area contributed by atoms with Gasteiger partial charge in [-0.15, -0.1) is 0 Å². The largest absolute Gasteiger partial charge is 0.495 e. The third-order valence-corrected chi connectivity index (χ3v) is 3.76. The Kier molecular flexibility index (Phi) is 6.05. The molecule has 0 unspecified atom stereocenters. The molecule has 0 aromatic heterocycles. The number of nitriles is 1. The van der Waals surface area contributed by atoms with Crippen molar-refractivity contribution in [2.24, 2.45) is 0 Å². The van der Waals surface area contributed by atoms with E-state index in [1.165, 1.54) is 0 Å². The zero-order valence-corrected chi connectivity index (χ0v) is 14.1. The molecule has 0 bridgehead atoms. The van der Waals surface area contributed by atoms with E-state index in [9.17, 15) is 5.26 Å². The van der Waals surface area contributed by atoms with Gasteiger partial charge in [0.05, 0.1) is 6.61 Å². The lowest BCUT2D eigenvalue weighted by molar-refractivity contribution is -0.251. The molecule has 0 aliphatic carbocycles. The molecule has 0 radical (unpaired) electrons. The van der Waals surface area contributed by atoms with Gasteiger partial charge < -0.3 is 18.6 Å². The number of hydrogen-bond acceptors (Lipinski definition) is 5. The minimum absolute atomic E-state index is 0.463. The standard InChI is InChI=1S/C14H25NO4Si/c1-6-16-12-8-9-14(17-7-2,18-11-12)13(10-15)19-20(3,4)5/h11,13H,6-9H2,1-5H3/t13-,14+/m1/s1. The van der Waals surface area contributed by atoms with Crippen LogP contribution in [0.3, 0.4) is 0 Å². The Morgan fingerprint density at radius 3 is 2.50 bits per heavy atom. The van der Waals surface area contributed by atoms with E-state index in [1.807, 2.05) is 33.5 Å². The van der Waals surface area contributed by atoms with Crippen LogP contribution in [0.5, 0.6) is 0 Å². The summed E-state index contributed by atoms with van der Waals surface area (Å²) in [5.74, 6) is -0.239. The Morgan fingerprint density at radius 1 is 1.40 bits per heavy atom. The van der Waals surface area contributed by atoms with Gasteiger partial charge in [-0.1, -0.05) is 0 Å². The van der Waals surface area contributed by atoms with Crippen LogP contribution < -0.4 is 0 Å². The van der Waals surface area contributed by atoms with Gasteiger partial charge in [-0.2, -0.15) is 5.26 Å². The van der Waals surface area contributed by atoms with Crippen LogP contribution in [0.1, 0.15) is 26.7 Å². The second-order valence-corrected chi connectivity index (χ2v) is 10.1. The Labute approximate surface area is 122 Å². The fourth-order valence-electron chi connectivity index (χ4n) is 2.06. The highest BCUT2D eigenvalue weighted by Gasteiger charge is 2.46. The SMILES string of the molecule is CCOC1=CO[C@](OCC)([C@@H](C#N)O[Si](C)(C)C)CC1. The number of ether oxygens (including phenoxy) is 3. The maximum Gasteiger partial charge on any atom is 0.249 e. The monoisotopic (exact) mass is 299 g/mol. The van der Waals surface area contributed by atoms with Crippen molar-refractivity contribution in [3.05, 3.63) is 12.0 Å². The Hall–Kier alpha value is -1.03. The topological polar surface area (TPSA) is 60.7 Å². The van der Waals surface area contributed by atoms with Crippen molar-refractivity contribution in [3.63, 3.8) is 0 Å². The van der Waals surface area contributed by atoms with Crippen LogP contribution in [0, 0.1) is 11.3 Å². The van der Waals surface area contributed by atoms with Gasteiger partial charge >= 0.3 is 0 Å². The van der Waals surface area contributed by atoms with E-state index in [-0.39, 0.29) is 0 Å². The lowest BCUT2D eigenvalue weighted by atomic mass is 10.0. The summed E-state index contributed by atoms with van der Waals surface area (Å²) in [6.45, 7) is 11.0. The van der Waals surface area contributed by atoms with Crippen molar-refractivity contribution in [1.82, 2.24) is 0 Å². The highest BCUT2D eigenvalue weighted by Crippen LogP contribution is 2.34. The fraction of sp³-hybridized carbons (Fsp3) is 0.786. The van der Waals surface area contributed by atoms with Gasteiger partial charge in [-0.25, -0.2) is 0 Å². The van der Waals surface area contributed by atoms with Crippen LogP contribution in [-0.4, -0.2) is 33.4 Å². The van der Waals surface area contributed by atoms with Crippen LogP contribution in [0.25, 0.3) is 0 Å². The molecule has 0 saturated heterocycles. The van der Waals surface area contributed by atoms with Gasteiger partial charge in [0.15, 0.2) is 14.4 Å². The summed E-state index contributed by atoms with van der Waals surface area (Å²) in [6, 6.07) is 2.19. The van der Waals surface area contributed by atoms with E-state index >= 15 is 0 Å². The molecule has 0 amide bonds. The molecule has 0 saturated carbocycles. The third-order valence-electron chi connectivity index (χ3n) is 2.82. The maximum atomic E-state index is 9.44. The van der Waals surface area contributed by atoms with Gasteiger partial charge in [0.2, 0.25) is 5.79 Å². The van der Waals surface area contributed by atoms with Crippen LogP contribution >= 0.6 is 0 Å². The van der Waals surface area contributed by atoms with Gasteiger partial charge in [0, 0.05) is 19.4 Å². The maximum absolute atomic E-state index is 9.44. The summed E-state index contributed by atoms with van der Waals surface area (Å²) in [5, 5.41) is 9.44. The lowest BCUT2D eigenvalue weighted by Crippen LogP contribution is -2.52. The molecular formula is C14H25NO4Si. The quantitative estimate of drug-likeness (QED) is 0.676. The highest BCUT2D eigenvalue weighted by molar-refractivity contribution is 6.69. The summed E-state index contributed by atoms with van der Waals surface area (Å²) < 4.78 is 22.9. The van der Waals surface area contributed by atoms with E-state index in [0.29, 0.717) is 26.1 Å². The predicted octanol–water partition coefficient (Wildman–Crippen LogP) is 3.15. The number of hydrogen-bond donors (Lipinski definition) is 0. The van der Waals surface area contributed by atoms with E-state index in [2.05, 4.69) is 6.07 Å². The summed E-state index contributed by atoms with van der Waals surface area (Å²) in [6.07, 6.45) is 2.06. The van der Waals surface area contributed by atoms with E-state index in [0.717, 1.165) is 5.76 Å². The van der Waals surface area contributed by atoms with Crippen molar-refractivity contribution in [3.8, 4) is 6.07 Å². The lowest BCUT2D eigenvalue weighted by Gasteiger charge is -2.40. The van der Waals surface area contributed by atoms with Crippen molar-refractivity contribution < 1.29 is 18.6 Å². The molecule has 0 fully saturated rings. The Morgan fingerprint density at radius 2 is 2.10 bits per heavy atom. The zero-order chi connectivity index (χ0) is 15.2. The van der Waals surface area contributed by atoms with Crippen LogP contribution in [-0.2, 0) is 18.6 Å². The van der Waals surface area contributed by atoms with Gasteiger partial charge in [0.25, 0.3) is 0 Å². The molecule has 1 rings (SSSR count). The minimum Gasteiger partial charge on any atom is -0.495 e. The molecule has 20 heavy (non-hydrogen) atoms. The normalized spacial score (nSPS) is 24.3. The summed E-state index contributed by atoms with van der Waals surface area (Å²) in [5.41, 5.74) is 0. The molecular weight excluding hydrogens is 274 g/mol. The number of allylic oxidation sites excluding steroid dienone is 1. The second-order valence-electron chi connectivity index (χ2n) is 5.62. The van der Waals surface area contributed by atoms with Crippen molar-refractivity contribution in [1.29, 1.82) is 5.26 Å². The van der Waals surface area contributed by atoms with Gasteiger partial charge in [0.1, 0.15) is 18.1 Å². The first-order valence-electron chi connectivity index (χ1n) is 7.08. The van der Waals surface area contributed by atoms with Gasteiger partial charge in [-0.3, -0.25) is 0 Å². The molecule has 1 aliphatic heterocycles. The summed E-state index contributed by atoms with van der Waals surface area (Å²) >= 11 is 0.